The molecule has 0 radical (unpaired) electrons. The van der Waals surface area contributed by atoms with Crippen LogP contribution in [0.2, 0.25) is 5.02 Å². The van der Waals surface area contributed by atoms with Gasteiger partial charge in [-0.2, -0.15) is 0 Å². The zero-order valence-electron chi connectivity index (χ0n) is 8.77. The highest BCUT2D eigenvalue weighted by Crippen LogP contribution is 2.15. The van der Waals surface area contributed by atoms with Crippen molar-refractivity contribution in [1.29, 1.82) is 0 Å². The summed E-state index contributed by atoms with van der Waals surface area (Å²) in [7, 11) is 0. The summed E-state index contributed by atoms with van der Waals surface area (Å²) in [5, 5.41) is 12.9. The molecule has 0 fully saturated rings. The summed E-state index contributed by atoms with van der Waals surface area (Å²) in [5.41, 5.74) is 0.589. The molecule has 0 amide bonds. The number of hydrogen-bond donors (Lipinski definition) is 3. The molecule has 88 valence electrons. The minimum atomic E-state index is -0.411. The molecule has 0 spiro atoms. The van der Waals surface area contributed by atoms with E-state index in [4.69, 9.17) is 11.6 Å². The van der Waals surface area contributed by atoms with Crippen LogP contribution in [0.15, 0.2) is 35.4 Å². The van der Waals surface area contributed by atoms with Gasteiger partial charge in [-0.05, 0) is 17.7 Å². The van der Waals surface area contributed by atoms with E-state index in [1.165, 1.54) is 0 Å². The van der Waals surface area contributed by atoms with Gasteiger partial charge < -0.3 is 15.4 Å². The molecule has 0 saturated heterocycles. The molecular formula is C11H10ClN3O2. The molecule has 0 aliphatic rings. The van der Waals surface area contributed by atoms with Crippen LogP contribution in [0, 0.1) is 0 Å². The molecule has 2 aromatic rings. The lowest BCUT2D eigenvalue weighted by Gasteiger charge is -2.06. The molecule has 3 N–H and O–H groups in total. The Kier molecular flexibility index (Phi) is 3.30. The Balaban J connectivity index is 2.12. The SMILES string of the molecule is O=c1[nH]cnc(O)c1NCc1ccc(Cl)cc1. The molecule has 5 nitrogen and oxygen atoms in total. The monoisotopic (exact) mass is 251 g/mol. The minimum absolute atomic E-state index is 0.0578. The standard InChI is InChI=1S/C11H10ClN3O2/c12-8-3-1-7(2-4-8)5-13-9-10(16)14-6-15-11(9)17/h1-4,6,13H,5H2,(H2,14,15,16,17). The number of hydrogen-bond acceptors (Lipinski definition) is 4. The van der Waals surface area contributed by atoms with E-state index in [9.17, 15) is 9.90 Å². The predicted molar refractivity (Wildman–Crippen MR) is 65.3 cm³/mol. The fourth-order valence-corrected chi connectivity index (χ4v) is 1.47. The van der Waals surface area contributed by atoms with Crippen molar-refractivity contribution >= 4 is 17.3 Å². The quantitative estimate of drug-likeness (QED) is 0.777. The van der Waals surface area contributed by atoms with E-state index < -0.39 is 5.56 Å². The van der Waals surface area contributed by atoms with Crippen LogP contribution in [0.25, 0.3) is 0 Å². The summed E-state index contributed by atoms with van der Waals surface area (Å²) >= 11 is 5.75. The summed E-state index contributed by atoms with van der Waals surface area (Å²) in [5.74, 6) is -0.317. The van der Waals surface area contributed by atoms with Crippen LogP contribution in [0.3, 0.4) is 0 Å². The van der Waals surface area contributed by atoms with Gasteiger partial charge in [0.1, 0.15) is 0 Å². The number of aromatic nitrogens is 2. The molecule has 0 saturated carbocycles. The number of aromatic amines is 1. The van der Waals surface area contributed by atoms with Gasteiger partial charge in [0.2, 0.25) is 5.88 Å². The van der Waals surface area contributed by atoms with E-state index in [0.717, 1.165) is 11.9 Å². The second-order valence-corrected chi connectivity index (χ2v) is 3.85. The number of benzene rings is 1. The Bertz CT molecular complexity index is 566. The van der Waals surface area contributed by atoms with E-state index in [1.54, 1.807) is 12.1 Å². The first kappa shape index (κ1) is 11.5. The second-order valence-electron chi connectivity index (χ2n) is 3.41. The number of rotatable bonds is 3. The van der Waals surface area contributed by atoms with Crippen molar-refractivity contribution in [3.63, 3.8) is 0 Å². The van der Waals surface area contributed by atoms with Gasteiger partial charge in [-0.3, -0.25) is 4.79 Å². The first-order chi connectivity index (χ1) is 8.16. The zero-order valence-corrected chi connectivity index (χ0v) is 9.53. The highest BCUT2D eigenvalue weighted by Gasteiger charge is 2.06. The van der Waals surface area contributed by atoms with E-state index in [-0.39, 0.29) is 11.6 Å². The number of nitrogens with one attached hydrogen (secondary N) is 2. The largest absolute Gasteiger partial charge is 0.492 e. The summed E-state index contributed by atoms with van der Waals surface area (Å²) in [6.07, 6.45) is 1.14. The van der Waals surface area contributed by atoms with Crippen LogP contribution in [0.4, 0.5) is 5.69 Å². The molecule has 1 heterocycles. The third-order valence-corrected chi connectivity index (χ3v) is 2.47. The Hall–Kier alpha value is -2.01. The Morgan fingerprint density at radius 1 is 1.35 bits per heavy atom. The van der Waals surface area contributed by atoms with E-state index in [1.807, 2.05) is 12.1 Å². The topological polar surface area (TPSA) is 78.0 Å². The number of aromatic hydroxyl groups is 1. The van der Waals surface area contributed by atoms with Crippen molar-refractivity contribution in [1.82, 2.24) is 9.97 Å². The van der Waals surface area contributed by atoms with Gasteiger partial charge in [-0.25, -0.2) is 4.98 Å². The van der Waals surface area contributed by atoms with Crippen LogP contribution >= 0.6 is 11.6 Å². The Morgan fingerprint density at radius 2 is 2.06 bits per heavy atom. The molecule has 0 aliphatic heterocycles. The van der Waals surface area contributed by atoms with Crippen LogP contribution in [0.5, 0.6) is 5.88 Å². The van der Waals surface area contributed by atoms with E-state index in [2.05, 4.69) is 15.3 Å². The molecule has 1 aromatic carbocycles. The number of H-pyrrole nitrogens is 1. The van der Waals surface area contributed by atoms with Gasteiger partial charge in [-0.1, -0.05) is 23.7 Å². The van der Waals surface area contributed by atoms with Crippen molar-refractivity contribution in [2.24, 2.45) is 0 Å². The van der Waals surface area contributed by atoms with Crippen molar-refractivity contribution in [2.75, 3.05) is 5.32 Å². The van der Waals surface area contributed by atoms with E-state index in [0.29, 0.717) is 11.6 Å². The molecular weight excluding hydrogens is 242 g/mol. The van der Waals surface area contributed by atoms with Gasteiger partial charge in [0.25, 0.3) is 5.56 Å². The summed E-state index contributed by atoms with van der Waals surface area (Å²) in [6.45, 7) is 0.402. The van der Waals surface area contributed by atoms with E-state index >= 15 is 0 Å². The van der Waals surface area contributed by atoms with Crippen LogP contribution < -0.4 is 10.9 Å². The van der Waals surface area contributed by atoms with Crippen molar-refractivity contribution in [3.05, 3.63) is 51.5 Å². The molecule has 17 heavy (non-hydrogen) atoms. The first-order valence-electron chi connectivity index (χ1n) is 4.92. The van der Waals surface area contributed by atoms with Crippen molar-refractivity contribution in [2.45, 2.75) is 6.54 Å². The average Bonchev–Trinajstić information content (AvgIpc) is 2.31. The molecule has 6 heteroatoms. The van der Waals surface area contributed by atoms with Gasteiger partial charge in [0, 0.05) is 11.6 Å². The number of halogens is 1. The number of nitrogens with zero attached hydrogens (tertiary/aromatic N) is 1. The number of anilines is 1. The Morgan fingerprint density at radius 3 is 2.71 bits per heavy atom. The molecule has 0 unspecified atom stereocenters. The maximum Gasteiger partial charge on any atom is 0.278 e. The Labute approximate surface area is 102 Å². The fraction of sp³-hybridized carbons (Fsp3) is 0.0909. The van der Waals surface area contributed by atoms with Crippen LogP contribution in [-0.2, 0) is 6.54 Å². The first-order valence-corrected chi connectivity index (χ1v) is 5.29. The predicted octanol–water partition coefficient (Wildman–Crippen LogP) is 1.74. The third kappa shape index (κ3) is 2.76. The maximum absolute atomic E-state index is 11.4. The molecule has 0 aliphatic carbocycles. The molecule has 0 bridgehead atoms. The maximum atomic E-state index is 11.4. The molecule has 1 aromatic heterocycles. The van der Waals surface area contributed by atoms with Gasteiger partial charge >= 0.3 is 0 Å². The third-order valence-electron chi connectivity index (χ3n) is 2.22. The van der Waals surface area contributed by atoms with Gasteiger partial charge in [0.15, 0.2) is 5.69 Å². The lowest BCUT2D eigenvalue weighted by Crippen LogP contribution is -2.14. The summed E-state index contributed by atoms with van der Waals surface area (Å²) in [4.78, 5) is 17.3. The van der Waals surface area contributed by atoms with Crippen molar-refractivity contribution in [3.8, 4) is 5.88 Å². The smallest absolute Gasteiger partial charge is 0.278 e. The van der Waals surface area contributed by atoms with Gasteiger partial charge in [-0.15, -0.1) is 0 Å². The minimum Gasteiger partial charge on any atom is -0.492 e. The molecule has 2 rings (SSSR count). The average molecular weight is 252 g/mol. The summed E-state index contributed by atoms with van der Waals surface area (Å²) < 4.78 is 0. The zero-order chi connectivity index (χ0) is 12.3. The highest BCUT2D eigenvalue weighted by atomic mass is 35.5. The lowest BCUT2D eigenvalue weighted by molar-refractivity contribution is 0.453. The highest BCUT2D eigenvalue weighted by molar-refractivity contribution is 6.30. The fourth-order valence-electron chi connectivity index (χ4n) is 1.34. The van der Waals surface area contributed by atoms with Crippen LogP contribution in [0.1, 0.15) is 5.56 Å². The second kappa shape index (κ2) is 4.88. The lowest BCUT2D eigenvalue weighted by atomic mass is 10.2. The van der Waals surface area contributed by atoms with Crippen molar-refractivity contribution < 1.29 is 5.11 Å². The summed E-state index contributed by atoms with van der Waals surface area (Å²) in [6, 6.07) is 7.17. The molecule has 0 atom stereocenters. The van der Waals surface area contributed by atoms with Gasteiger partial charge in [0.05, 0.1) is 6.33 Å². The normalized spacial score (nSPS) is 10.2. The van der Waals surface area contributed by atoms with Crippen LogP contribution in [-0.4, -0.2) is 15.1 Å².